The van der Waals surface area contributed by atoms with Crippen LogP contribution in [0.3, 0.4) is 0 Å². The van der Waals surface area contributed by atoms with Crippen molar-refractivity contribution in [1.82, 2.24) is 19.7 Å². The molecule has 4 rings (SSSR count). The normalized spacial score (nSPS) is 13.8. The molecule has 2 heterocycles. The third kappa shape index (κ3) is 4.47. The van der Waals surface area contributed by atoms with Gasteiger partial charge in [-0.3, -0.25) is 24.6 Å². The maximum Gasteiger partial charge on any atom is 0.269 e. The lowest BCUT2D eigenvalue weighted by Crippen LogP contribution is -2.49. The number of rotatable bonds is 6. The lowest BCUT2D eigenvalue weighted by molar-refractivity contribution is -0.384. The second-order valence-corrected chi connectivity index (χ2v) is 7.70. The quantitative estimate of drug-likeness (QED) is 0.346. The maximum atomic E-state index is 13.0. The van der Waals surface area contributed by atoms with Crippen LogP contribution in [-0.2, 0) is 11.3 Å². The molecule has 1 amide bonds. The minimum absolute atomic E-state index is 0.0411. The van der Waals surface area contributed by atoms with E-state index >= 15 is 0 Å². The highest BCUT2D eigenvalue weighted by atomic mass is 32.1. The molecule has 1 aliphatic heterocycles. The number of hydrogen-bond donors (Lipinski definition) is 1. The third-order valence-corrected chi connectivity index (χ3v) is 5.77. The summed E-state index contributed by atoms with van der Waals surface area (Å²) in [5.74, 6) is 1.28. The van der Waals surface area contributed by atoms with Crippen LogP contribution in [0.25, 0.3) is 11.4 Å². The summed E-state index contributed by atoms with van der Waals surface area (Å²) in [5.41, 5.74) is 1.79. The SMILES string of the molecule is COc1ccc(-c2n[nH]c(=S)n2CC(=O)N2CCN(c3ccc([N+](=O)[O-])cc3)CC2)cc1. The number of ether oxygens (including phenoxy) is 1. The Kier molecular flexibility index (Phi) is 6.17. The van der Waals surface area contributed by atoms with E-state index in [-0.39, 0.29) is 18.1 Å². The van der Waals surface area contributed by atoms with Gasteiger partial charge in [0, 0.05) is 49.6 Å². The standard InChI is InChI=1S/C21H22N6O4S/c1-31-18-8-2-15(3-9-18)20-22-23-21(32)26(20)14-19(28)25-12-10-24(11-13-25)16-4-6-17(7-5-16)27(29)30/h2-9H,10-14H2,1H3,(H,23,32). The van der Waals surface area contributed by atoms with Gasteiger partial charge in [0.15, 0.2) is 10.6 Å². The average Bonchev–Trinajstić information content (AvgIpc) is 3.19. The molecule has 0 radical (unpaired) electrons. The van der Waals surface area contributed by atoms with Crippen molar-refractivity contribution in [3.63, 3.8) is 0 Å². The van der Waals surface area contributed by atoms with Gasteiger partial charge >= 0.3 is 0 Å². The third-order valence-electron chi connectivity index (χ3n) is 5.46. The molecule has 0 bridgehead atoms. The van der Waals surface area contributed by atoms with Gasteiger partial charge in [-0.2, -0.15) is 5.10 Å². The number of piperazine rings is 1. The fourth-order valence-electron chi connectivity index (χ4n) is 3.66. The summed E-state index contributed by atoms with van der Waals surface area (Å²) in [6.45, 7) is 2.49. The summed E-state index contributed by atoms with van der Waals surface area (Å²) in [4.78, 5) is 27.3. The first-order valence-corrected chi connectivity index (χ1v) is 10.4. The number of nitro groups is 1. The van der Waals surface area contributed by atoms with E-state index in [1.165, 1.54) is 12.1 Å². The molecule has 0 aliphatic carbocycles. The van der Waals surface area contributed by atoms with E-state index in [4.69, 9.17) is 17.0 Å². The van der Waals surface area contributed by atoms with E-state index in [1.807, 2.05) is 24.3 Å². The van der Waals surface area contributed by atoms with E-state index in [9.17, 15) is 14.9 Å². The molecule has 166 valence electrons. The van der Waals surface area contributed by atoms with Gasteiger partial charge in [0.05, 0.1) is 12.0 Å². The molecule has 32 heavy (non-hydrogen) atoms. The Bertz CT molecular complexity index is 1160. The molecule has 1 aromatic heterocycles. The summed E-state index contributed by atoms with van der Waals surface area (Å²) in [5, 5.41) is 17.9. The lowest BCUT2D eigenvalue weighted by Gasteiger charge is -2.36. The van der Waals surface area contributed by atoms with Gasteiger partial charge in [-0.1, -0.05) is 0 Å². The first kappa shape index (κ1) is 21.5. The minimum Gasteiger partial charge on any atom is -0.497 e. The monoisotopic (exact) mass is 454 g/mol. The van der Waals surface area contributed by atoms with Crippen LogP contribution in [0.15, 0.2) is 48.5 Å². The number of amides is 1. The number of anilines is 1. The van der Waals surface area contributed by atoms with Gasteiger partial charge in [-0.25, -0.2) is 0 Å². The van der Waals surface area contributed by atoms with Gasteiger partial charge in [0.1, 0.15) is 12.3 Å². The number of methoxy groups -OCH3 is 1. The van der Waals surface area contributed by atoms with Gasteiger partial charge in [0.2, 0.25) is 5.91 Å². The van der Waals surface area contributed by atoms with Gasteiger partial charge in [-0.05, 0) is 48.6 Å². The van der Waals surface area contributed by atoms with Gasteiger partial charge in [0.25, 0.3) is 5.69 Å². The molecule has 0 spiro atoms. The Morgan fingerprint density at radius 3 is 2.38 bits per heavy atom. The van der Waals surface area contributed by atoms with Crippen LogP contribution in [0.5, 0.6) is 5.75 Å². The number of nitro benzene ring substituents is 1. The van der Waals surface area contributed by atoms with Gasteiger partial charge < -0.3 is 14.5 Å². The Morgan fingerprint density at radius 2 is 1.78 bits per heavy atom. The molecule has 11 heteroatoms. The summed E-state index contributed by atoms with van der Waals surface area (Å²) >= 11 is 5.35. The highest BCUT2D eigenvalue weighted by Crippen LogP contribution is 2.22. The van der Waals surface area contributed by atoms with Crippen molar-refractivity contribution in [3.8, 4) is 17.1 Å². The molecule has 0 atom stereocenters. The highest BCUT2D eigenvalue weighted by molar-refractivity contribution is 7.71. The Hall–Kier alpha value is -3.73. The number of carbonyl (C=O) groups excluding carboxylic acids is 1. The van der Waals surface area contributed by atoms with Crippen molar-refractivity contribution < 1.29 is 14.5 Å². The summed E-state index contributed by atoms with van der Waals surface area (Å²) in [6, 6.07) is 13.9. The Morgan fingerprint density at radius 1 is 1.12 bits per heavy atom. The van der Waals surface area contributed by atoms with Crippen LogP contribution < -0.4 is 9.64 Å². The Balaban J connectivity index is 1.41. The fourth-order valence-corrected chi connectivity index (χ4v) is 3.86. The van der Waals surface area contributed by atoms with E-state index in [0.29, 0.717) is 36.8 Å². The van der Waals surface area contributed by atoms with Crippen LogP contribution in [-0.4, -0.2) is 63.8 Å². The number of aromatic amines is 1. The Labute approximate surface area is 189 Å². The molecular weight excluding hydrogens is 432 g/mol. The summed E-state index contributed by atoms with van der Waals surface area (Å²) < 4.78 is 7.27. The molecule has 1 saturated heterocycles. The molecule has 0 saturated carbocycles. The first-order valence-electron chi connectivity index (χ1n) is 10.0. The highest BCUT2D eigenvalue weighted by Gasteiger charge is 2.23. The predicted octanol–water partition coefficient (Wildman–Crippen LogP) is 2.87. The number of hydrogen-bond acceptors (Lipinski definition) is 7. The number of nitrogens with zero attached hydrogens (tertiary/aromatic N) is 5. The first-order chi connectivity index (χ1) is 15.5. The van der Waals surface area contributed by atoms with Gasteiger partial charge in [-0.15, -0.1) is 0 Å². The summed E-state index contributed by atoms with van der Waals surface area (Å²) in [7, 11) is 1.60. The smallest absolute Gasteiger partial charge is 0.269 e. The van der Waals surface area contributed by atoms with Crippen LogP contribution in [0.1, 0.15) is 0 Å². The van der Waals surface area contributed by atoms with Crippen molar-refractivity contribution in [3.05, 3.63) is 63.4 Å². The molecule has 1 aliphatic rings. The van der Waals surface area contributed by atoms with Crippen LogP contribution >= 0.6 is 12.2 Å². The van der Waals surface area contributed by atoms with E-state index in [1.54, 1.807) is 28.7 Å². The molecule has 1 N–H and O–H groups in total. The maximum absolute atomic E-state index is 13.0. The molecule has 0 unspecified atom stereocenters. The fraction of sp³-hybridized carbons (Fsp3) is 0.286. The van der Waals surface area contributed by atoms with Crippen molar-refractivity contribution in [2.45, 2.75) is 6.54 Å². The van der Waals surface area contributed by atoms with Crippen LogP contribution in [0, 0.1) is 14.9 Å². The number of benzene rings is 2. The number of H-pyrrole nitrogens is 1. The molecule has 1 fully saturated rings. The second kappa shape index (κ2) is 9.18. The number of aromatic nitrogens is 3. The summed E-state index contributed by atoms with van der Waals surface area (Å²) in [6.07, 6.45) is 0. The topological polar surface area (TPSA) is 110 Å². The molecule has 3 aromatic rings. The van der Waals surface area contributed by atoms with E-state index < -0.39 is 4.92 Å². The average molecular weight is 455 g/mol. The lowest BCUT2D eigenvalue weighted by atomic mass is 10.2. The van der Waals surface area contributed by atoms with Crippen molar-refractivity contribution in [1.29, 1.82) is 0 Å². The molecule has 10 nitrogen and oxygen atoms in total. The van der Waals surface area contributed by atoms with Crippen molar-refractivity contribution in [2.24, 2.45) is 0 Å². The van der Waals surface area contributed by atoms with Crippen LogP contribution in [0.2, 0.25) is 0 Å². The number of carbonyl (C=O) groups is 1. The van der Waals surface area contributed by atoms with E-state index in [0.717, 1.165) is 17.0 Å². The molecular formula is C21H22N6O4S. The van der Waals surface area contributed by atoms with Crippen molar-refractivity contribution in [2.75, 3.05) is 38.2 Å². The zero-order valence-corrected chi connectivity index (χ0v) is 18.2. The number of non-ortho nitro benzene ring substituents is 1. The molecule has 2 aromatic carbocycles. The minimum atomic E-state index is -0.415. The second-order valence-electron chi connectivity index (χ2n) is 7.31. The predicted molar refractivity (Wildman–Crippen MR) is 121 cm³/mol. The zero-order chi connectivity index (χ0) is 22.7. The zero-order valence-electron chi connectivity index (χ0n) is 17.4. The van der Waals surface area contributed by atoms with Crippen LogP contribution in [0.4, 0.5) is 11.4 Å². The van der Waals surface area contributed by atoms with E-state index in [2.05, 4.69) is 15.1 Å². The van der Waals surface area contributed by atoms with Crippen molar-refractivity contribution >= 4 is 29.5 Å². The number of nitrogens with one attached hydrogen (secondary N) is 1. The largest absolute Gasteiger partial charge is 0.497 e.